The molecule has 5 nitrogen and oxygen atoms in total. The van der Waals surface area contributed by atoms with Crippen molar-refractivity contribution in [2.24, 2.45) is 5.92 Å². The molecule has 1 aliphatic carbocycles. The molecular formula is C22H20F3N3O2. The summed E-state index contributed by atoms with van der Waals surface area (Å²) in [6.45, 7) is 0.391. The molecule has 156 valence electrons. The number of aromatic nitrogens is 1. The lowest BCUT2D eigenvalue weighted by atomic mass is 9.70. The number of amides is 2. The number of carbonyl (C=O) groups excluding carboxylic acids is 2. The molecule has 0 bridgehead atoms. The molecule has 8 heteroatoms. The fourth-order valence-electron chi connectivity index (χ4n) is 4.10. The maximum absolute atomic E-state index is 14.4. The van der Waals surface area contributed by atoms with Crippen LogP contribution in [0.4, 0.5) is 13.2 Å². The van der Waals surface area contributed by atoms with Crippen LogP contribution in [0.1, 0.15) is 24.3 Å². The molecule has 1 aliphatic rings. The van der Waals surface area contributed by atoms with Crippen molar-refractivity contribution >= 4 is 23.2 Å². The molecule has 0 atom stereocenters. The third kappa shape index (κ3) is 3.90. The minimum absolute atomic E-state index is 0.0509. The Morgan fingerprint density at radius 3 is 2.53 bits per heavy atom. The van der Waals surface area contributed by atoms with Crippen molar-refractivity contribution in [3.63, 3.8) is 0 Å². The van der Waals surface area contributed by atoms with Crippen molar-refractivity contribution in [3.05, 3.63) is 59.4 Å². The van der Waals surface area contributed by atoms with E-state index in [0.29, 0.717) is 29.6 Å². The molecule has 3 aromatic rings. The van der Waals surface area contributed by atoms with E-state index in [1.54, 1.807) is 12.1 Å². The Balaban J connectivity index is 1.59. The first-order chi connectivity index (χ1) is 14.5. The molecule has 30 heavy (non-hydrogen) atoms. The molecule has 0 spiro atoms. The van der Waals surface area contributed by atoms with Crippen molar-refractivity contribution in [3.8, 4) is 11.3 Å². The summed E-state index contributed by atoms with van der Waals surface area (Å²) < 4.78 is 41.7. The van der Waals surface area contributed by atoms with Crippen molar-refractivity contribution in [1.82, 2.24) is 15.6 Å². The number of hydrogen-bond donors (Lipinski definition) is 3. The van der Waals surface area contributed by atoms with E-state index in [1.807, 2.05) is 0 Å². The minimum Gasteiger partial charge on any atom is -0.354 e. The number of H-pyrrole nitrogens is 1. The molecule has 2 aromatic carbocycles. The summed E-state index contributed by atoms with van der Waals surface area (Å²) in [5.41, 5.74) is 2.37. The second-order valence-corrected chi connectivity index (χ2v) is 7.57. The van der Waals surface area contributed by atoms with Gasteiger partial charge < -0.3 is 15.6 Å². The van der Waals surface area contributed by atoms with Gasteiger partial charge in [-0.3, -0.25) is 9.59 Å². The summed E-state index contributed by atoms with van der Waals surface area (Å²) in [6.07, 6.45) is 1.94. The molecule has 1 saturated carbocycles. The summed E-state index contributed by atoms with van der Waals surface area (Å²) in [5.74, 6) is -1.71. The molecule has 0 aliphatic heterocycles. The number of nitrogens with one attached hydrogen (secondary N) is 3. The second kappa shape index (κ2) is 8.22. The quantitative estimate of drug-likeness (QED) is 0.516. The fraction of sp³-hybridized carbons (Fsp3) is 0.273. The van der Waals surface area contributed by atoms with Gasteiger partial charge in [0.05, 0.1) is 17.8 Å². The van der Waals surface area contributed by atoms with Crippen LogP contribution in [-0.2, 0) is 9.59 Å². The van der Waals surface area contributed by atoms with Crippen LogP contribution in [0.25, 0.3) is 22.2 Å². The van der Waals surface area contributed by atoms with E-state index in [9.17, 15) is 22.8 Å². The number of hydrogen-bond acceptors (Lipinski definition) is 2. The molecule has 1 heterocycles. The van der Waals surface area contributed by atoms with Crippen LogP contribution in [0.15, 0.2) is 36.4 Å². The topological polar surface area (TPSA) is 74.0 Å². The van der Waals surface area contributed by atoms with Gasteiger partial charge >= 0.3 is 0 Å². The van der Waals surface area contributed by atoms with E-state index in [1.165, 1.54) is 18.2 Å². The highest BCUT2D eigenvalue weighted by Crippen LogP contribution is 2.48. The Bertz CT molecular complexity index is 1090. The first-order valence-electron chi connectivity index (χ1n) is 9.66. The van der Waals surface area contributed by atoms with E-state index >= 15 is 0 Å². The van der Waals surface area contributed by atoms with E-state index in [-0.39, 0.29) is 35.6 Å². The Kier molecular flexibility index (Phi) is 5.48. The zero-order chi connectivity index (χ0) is 21.3. The number of benzene rings is 2. The lowest BCUT2D eigenvalue weighted by Crippen LogP contribution is -2.39. The van der Waals surface area contributed by atoms with Gasteiger partial charge in [-0.25, -0.2) is 13.2 Å². The van der Waals surface area contributed by atoms with Crippen LogP contribution in [0, 0.1) is 23.4 Å². The summed E-state index contributed by atoms with van der Waals surface area (Å²) >= 11 is 0. The third-order valence-electron chi connectivity index (χ3n) is 5.58. The maximum atomic E-state index is 14.4. The van der Waals surface area contributed by atoms with Gasteiger partial charge in [0.1, 0.15) is 17.5 Å². The normalized spacial score (nSPS) is 18.1. The average Bonchev–Trinajstić information content (AvgIpc) is 3.05. The van der Waals surface area contributed by atoms with Crippen LogP contribution in [0.5, 0.6) is 0 Å². The van der Waals surface area contributed by atoms with Crippen molar-refractivity contribution in [2.45, 2.75) is 18.8 Å². The second-order valence-electron chi connectivity index (χ2n) is 7.57. The SMILES string of the molecule is O=CNCC(=O)NCC1CC(c2c(-c3ccc(F)cc3)[nH]c3c(F)cc(F)cc23)C1. The first kappa shape index (κ1) is 20.0. The summed E-state index contributed by atoms with van der Waals surface area (Å²) in [5, 5.41) is 5.55. The van der Waals surface area contributed by atoms with E-state index in [0.717, 1.165) is 24.5 Å². The van der Waals surface area contributed by atoms with Gasteiger partial charge in [0.2, 0.25) is 12.3 Å². The lowest BCUT2D eigenvalue weighted by molar-refractivity contribution is -0.122. The van der Waals surface area contributed by atoms with Crippen molar-refractivity contribution < 1.29 is 22.8 Å². The van der Waals surface area contributed by atoms with E-state index < -0.39 is 11.6 Å². The standard InChI is InChI=1S/C22H20F3N3O2/c23-15-3-1-13(2-4-15)21-20(17-7-16(24)8-18(25)22(17)28-21)14-5-12(6-14)9-27-19(30)10-26-11-29/h1-4,7-8,11-12,14,28H,5-6,9-10H2,(H,26,29)(H,27,30). The molecule has 0 saturated heterocycles. The van der Waals surface area contributed by atoms with Gasteiger partial charge in [0.15, 0.2) is 0 Å². The number of carbonyl (C=O) groups is 2. The molecular weight excluding hydrogens is 395 g/mol. The van der Waals surface area contributed by atoms with Gasteiger partial charge in [-0.05, 0) is 66.1 Å². The number of aromatic amines is 1. The zero-order valence-electron chi connectivity index (χ0n) is 16.0. The molecule has 0 unspecified atom stereocenters. The molecule has 0 radical (unpaired) electrons. The fourth-order valence-corrected chi connectivity index (χ4v) is 4.10. The Hall–Kier alpha value is -3.29. The molecule has 2 amide bonds. The van der Waals surface area contributed by atoms with Gasteiger partial charge in [-0.2, -0.15) is 0 Å². The largest absolute Gasteiger partial charge is 0.354 e. The Morgan fingerprint density at radius 1 is 1.10 bits per heavy atom. The predicted octanol–water partition coefficient (Wildman–Crippen LogP) is 3.61. The van der Waals surface area contributed by atoms with Crippen LogP contribution in [0.3, 0.4) is 0 Å². The third-order valence-corrected chi connectivity index (χ3v) is 5.58. The number of halogens is 3. The average molecular weight is 415 g/mol. The van der Waals surface area contributed by atoms with E-state index in [2.05, 4.69) is 15.6 Å². The van der Waals surface area contributed by atoms with Crippen LogP contribution in [-0.4, -0.2) is 30.4 Å². The van der Waals surface area contributed by atoms with Gasteiger partial charge in [0.25, 0.3) is 0 Å². The highest BCUT2D eigenvalue weighted by Gasteiger charge is 2.34. The molecule has 1 fully saturated rings. The minimum atomic E-state index is -0.676. The zero-order valence-corrected chi connectivity index (χ0v) is 16.0. The van der Waals surface area contributed by atoms with Crippen LogP contribution >= 0.6 is 0 Å². The molecule has 3 N–H and O–H groups in total. The summed E-state index contributed by atoms with van der Waals surface area (Å²) in [7, 11) is 0. The van der Waals surface area contributed by atoms with Gasteiger partial charge in [-0.15, -0.1) is 0 Å². The van der Waals surface area contributed by atoms with E-state index in [4.69, 9.17) is 0 Å². The van der Waals surface area contributed by atoms with Gasteiger partial charge in [-0.1, -0.05) is 0 Å². The Morgan fingerprint density at radius 2 is 1.83 bits per heavy atom. The highest BCUT2D eigenvalue weighted by atomic mass is 19.1. The molecule has 4 rings (SSSR count). The number of fused-ring (bicyclic) bond motifs is 1. The van der Waals surface area contributed by atoms with Gasteiger partial charge in [0, 0.05) is 18.0 Å². The van der Waals surface area contributed by atoms with Crippen LogP contribution in [0.2, 0.25) is 0 Å². The first-order valence-corrected chi connectivity index (χ1v) is 9.66. The summed E-state index contributed by atoms with van der Waals surface area (Å²) in [6, 6.07) is 8.02. The molecule has 1 aromatic heterocycles. The predicted molar refractivity (Wildman–Crippen MR) is 106 cm³/mol. The highest BCUT2D eigenvalue weighted by molar-refractivity contribution is 5.92. The lowest BCUT2D eigenvalue weighted by Gasteiger charge is -2.36. The summed E-state index contributed by atoms with van der Waals surface area (Å²) in [4.78, 5) is 24.9. The monoisotopic (exact) mass is 415 g/mol. The number of rotatable bonds is 7. The van der Waals surface area contributed by atoms with Crippen molar-refractivity contribution in [2.75, 3.05) is 13.1 Å². The smallest absolute Gasteiger partial charge is 0.239 e. The van der Waals surface area contributed by atoms with Crippen molar-refractivity contribution in [1.29, 1.82) is 0 Å². The Labute approximate surface area is 170 Å². The van der Waals surface area contributed by atoms with Crippen LogP contribution < -0.4 is 10.6 Å². The maximum Gasteiger partial charge on any atom is 0.239 e.